The number of hydrogen-bond acceptors (Lipinski definition) is 4. The maximum Gasteiger partial charge on any atom is 0.250 e. The number of hydrogen-bond donors (Lipinski definition) is 2. The van der Waals surface area contributed by atoms with E-state index in [1.165, 1.54) is 12.1 Å². The quantitative estimate of drug-likeness (QED) is 0.246. The number of piperidine rings is 1. The number of likely N-dealkylation sites (tertiary alicyclic amines) is 1. The standard InChI is InChI=1S/C23H22ClF5N4O/c24-16-9-13(1-2-17(16)25)10-19(32-34)14-11-18(26)21(27)22-15(14)12-20(31-22)30-5-8-33-6-3-23(28,29)4-7-33/h1-2,9,11,34H,3-8,10,12H2,(H,30,31)/b32-19+. The van der Waals surface area contributed by atoms with Crippen molar-refractivity contribution in [3.63, 3.8) is 0 Å². The van der Waals surface area contributed by atoms with Crippen molar-refractivity contribution >= 4 is 28.8 Å². The van der Waals surface area contributed by atoms with Gasteiger partial charge in [0.1, 0.15) is 11.7 Å². The molecule has 2 heterocycles. The van der Waals surface area contributed by atoms with Gasteiger partial charge in [-0.25, -0.2) is 22.0 Å². The number of halogens is 6. The fraction of sp³-hybridized carbons (Fsp3) is 0.391. The fourth-order valence-electron chi connectivity index (χ4n) is 4.14. The number of nitrogens with zero attached hydrogens (tertiary/aromatic N) is 3. The van der Waals surface area contributed by atoms with Crippen LogP contribution < -0.4 is 5.32 Å². The van der Waals surface area contributed by atoms with Crippen LogP contribution >= 0.6 is 11.6 Å². The molecule has 0 unspecified atom stereocenters. The lowest BCUT2D eigenvalue weighted by atomic mass is 9.95. The van der Waals surface area contributed by atoms with Crippen LogP contribution in [-0.2, 0) is 12.8 Å². The highest BCUT2D eigenvalue weighted by Gasteiger charge is 2.33. The van der Waals surface area contributed by atoms with Crippen molar-refractivity contribution in [3.8, 4) is 0 Å². The van der Waals surface area contributed by atoms with Crippen molar-refractivity contribution in [2.75, 3.05) is 31.5 Å². The first-order chi connectivity index (χ1) is 16.2. The second-order valence-electron chi connectivity index (χ2n) is 8.37. The molecule has 0 amide bonds. The number of alkyl halides is 2. The van der Waals surface area contributed by atoms with Gasteiger partial charge in [0.25, 0.3) is 5.92 Å². The SMILES string of the molecule is O/N=C(\Cc1ccc(F)c(Cl)c1)c1cc(F)c(F)c2c1CC(=NCCN1CCC(F)(F)CC1)N2. The summed E-state index contributed by atoms with van der Waals surface area (Å²) in [5.41, 5.74) is 1.04. The summed E-state index contributed by atoms with van der Waals surface area (Å²) < 4.78 is 68.9. The molecule has 11 heteroatoms. The smallest absolute Gasteiger partial charge is 0.250 e. The molecule has 2 aromatic rings. The highest BCUT2D eigenvalue weighted by Crippen LogP contribution is 2.33. The van der Waals surface area contributed by atoms with Gasteiger partial charge in [-0.15, -0.1) is 0 Å². The second kappa shape index (κ2) is 9.87. The minimum atomic E-state index is -2.62. The molecule has 1 saturated heterocycles. The summed E-state index contributed by atoms with van der Waals surface area (Å²) in [6, 6.07) is 4.93. The summed E-state index contributed by atoms with van der Waals surface area (Å²) in [5.74, 6) is -5.05. The van der Waals surface area contributed by atoms with E-state index in [2.05, 4.69) is 15.5 Å². The van der Waals surface area contributed by atoms with E-state index in [0.717, 1.165) is 12.1 Å². The number of oxime groups is 1. The van der Waals surface area contributed by atoms with E-state index in [0.29, 0.717) is 30.1 Å². The summed E-state index contributed by atoms with van der Waals surface area (Å²) in [4.78, 5) is 6.28. The van der Waals surface area contributed by atoms with Gasteiger partial charge in [-0.05, 0) is 29.3 Å². The van der Waals surface area contributed by atoms with Crippen molar-refractivity contribution in [3.05, 3.63) is 63.4 Å². The third kappa shape index (κ3) is 5.33. The van der Waals surface area contributed by atoms with Crippen molar-refractivity contribution < 1.29 is 27.2 Å². The van der Waals surface area contributed by atoms with Gasteiger partial charge in [0.15, 0.2) is 11.6 Å². The maximum atomic E-state index is 14.5. The third-order valence-corrected chi connectivity index (χ3v) is 6.32. The highest BCUT2D eigenvalue weighted by molar-refractivity contribution is 6.30. The first-order valence-electron chi connectivity index (χ1n) is 10.7. The minimum Gasteiger partial charge on any atom is -0.411 e. The number of aliphatic imine (C=N–C) groups is 1. The number of benzene rings is 2. The van der Waals surface area contributed by atoms with Gasteiger partial charge in [0.05, 0.1) is 23.0 Å². The molecule has 2 N–H and O–H groups in total. The zero-order valence-corrected chi connectivity index (χ0v) is 18.8. The Kier molecular flexibility index (Phi) is 7.09. The summed E-state index contributed by atoms with van der Waals surface area (Å²) in [7, 11) is 0. The van der Waals surface area contributed by atoms with Crippen molar-refractivity contribution in [2.45, 2.75) is 31.6 Å². The van der Waals surface area contributed by atoms with Gasteiger partial charge in [-0.1, -0.05) is 22.8 Å². The molecule has 0 aromatic heterocycles. The lowest BCUT2D eigenvalue weighted by molar-refractivity contribution is -0.0544. The van der Waals surface area contributed by atoms with Gasteiger partial charge < -0.3 is 15.4 Å². The molecule has 2 aromatic carbocycles. The molecule has 0 bridgehead atoms. The topological polar surface area (TPSA) is 60.2 Å². The Labute approximate surface area is 197 Å². The molecule has 0 spiro atoms. The van der Waals surface area contributed by atoms with Crippen molar-refractivity contribution in [1.29, 1.82) is 0 Å². The molecule has 0 saturated carbocycles. The molecule has 1 fully saturated rings. The largest absolute Gasteiger partial charge is 0.411 e. The average Bonchev–Trinajstić information content (AvgIpc) is 3.23. The lowest BCUT2D eigenvalue weighted by Gasteiger charge is -2.31. The summed E-state index contributed by atoms with van der Waals surface area (Å²) >= 11 is 5.81. The van der Waals surface area contributed by atoms with E-state index < -0.39 is 23.4 Å². The zero-order valence-electron chi connectivity index (χ0n) is 18.0. The van der Waals surface area contributed by atoms with Crippen LogP contribution in [0, 0.1) is 17.5 Å². The van der Waals surface area contributed by atoms with E-state index in [9.17, 15) is 27.2 Å². The number of nitrogens with one attached hydrogen (secondary N) is 1. The Hall–Kier alpha value is -2.72. The van der Waals surface area contributed by atoms with Gasteiger partial charge in [0, 0.05) is 50.9 Å². The van der Waals surface area contributed by atoms with Crippen LogP contribution in [0.3, 0.4) is 0 Å². The Morgan fingerprint density at radius 2 is 1.85 bits per heavy atom. The monoisotopic (exact) mass is 500 g/mol. The molecular formula is C23H22ClF5N4O. The van der Waals surface area contributed by atoms with Crippen LogP contribution in [-0.4, -0.2) is 53.8 Å². The van der Waals surface area contributed by atoms with Crippen LogP contribution in [0.25, 0.3) is 0 Å². The van der Waals surface area contributed by atoms with Crippen LogP contribution in [0.15, 0.2) is 34.4 Å². The highest BCUT2D eigenvalue weighted by atomic mass is 35.5. The summed E-state index contributed by atoms with van der Waals surface area (Å²) in [6.45, 7) is 1.32. The molecule has 2 aliphatic rings. The maximum absolute atomic E-state index is 14.5. The zero-order chi connectivity index (χ0) is 24.5. The Bertz CT molecular complexity index is 1140. The number of amidine groups is 1. The van der Waals surface area contributed by atoms with Crippen molar-refractivity contribution in [2.24, 2.45) is 10.1 Å². The van der Waals surface area contributed by atoms with Crippen LogP contribution in [0.4, 0.5) is 27.6 Å². The first-order valence-corrected chi connectivity index (χ1v) is 11.1. The Balaban J connectivity index is 1.50. The van der Waals surface area contributed by atoms with E-state index in [-0.39, 0.29) is 60.8 Å². The van der Waals surface area contributed by atoms with E-state index in [4.69, 9.17) is 11.6 Å². The van der Waals surface area contributed by atoms with E-state index >= 15 is 0 Å². The fourth-order valence-corrected chi connectivity index (χ4v) is 4.35. The predicted molar refractivity (Wildman–Crippen MR) is 120 cm³/mol. The van der Waals surface area contributed by atoms with E-state index in [1.807, 2.05) is 4.90 Å². The number of anilines is 1. The molecule has 2 aliphatic heterocycles. The summed E-state index contributed by atoms with van der Waals surface area (Å²) in [6.07, 6.45) is -0.240. The molecule has 0 radical (unpaired) electrons. The van der Waals surface area contributed by atoms with Gasteiger partial charge >= 0.3 is 0 Å². The third-order valence-electron chi connectivity index (χ3n) is 6.03. The molecule has 182 valence electrons. The molecule has 4 rings (SSSR count). The Morgan fingerprint density at radius 3 is 2.53 bits per heavy atom. The van der Waals surface area contributed by atoms with Crippen LogP contribution in [0.1, 0.15) is 29.5 Å². The van der Waals surface area contributed by atoms with Crippen LogP contribution in [0.5, 0.6) is 0 Å². The predicted octanol–water partition coefficient (Wildman–Crippen LogP) is 5.28. The second-order valence-corrected chi connectivity index (χ2v) is 8.78. The molecular weight excluding hydrogens is 479 g/mol. The first kappa shape index (κ1) is 24.4. The number of rotatable bonds is 6. The Morgan fingerprint density at radius 1 is 1.12 bits per heavy atom. The van der Waals surface area contributed by atoms with Crippen molar-refractivity contribution in [1.82, 2.24) is 4.90 Å². The average molecular weight is 501 g/mol. The number of fused-ring (bicyclic) bond motifs is 1. The normalized spacial score (nSPS) is 19.4. The summed E-state index contributed by atoms with van der Waals surface area (Å²) in [5, 5.41) is 15.5. The molecule has 0 atom stereocenters. The lowest BCUT2D eigenvalue weighted by Crippen LogP contribution is -2.40. The van der Waals surface area contributed by atoms with E-state index in [1.54, 1.807) is 0 Å². The molecule has 5 nitrogen and oxygen atoms in total. The van der Waals surface area contributed by atoms with Crippen LogP contribution in [0.2, 0.25) is 5.02 Å². The van der Waals surface area contributed by atoms with Gasteiger partial charge in [-0.3, -0.25) is 4.99 Å². The molecule has 0 aliphatic carbocycles. The van der Waals surface area contributed by atoms with Gasteiger partial charge in [-0.2, -0.15) is 0 Å². The van der Waals surface area contributed by atoms with Gasteiger partial charge in [0.2, 0.25) is 0 Å². The molecule has 34 heavy (non-hydrogen) atoms. The minimum absolute atomic E-state index is 0.0000819.